The Morgan fingerprint density at radius 1 is 0.952 bits per heavy atom. The lowest BCUT2D eigenvalue weighted by Gasteiger charge is -2.39. The summed E-state index contributed by atoms with van der Waals surface area (Å²) in [4.78, 5) is 0. The second-order valence-electron chi connectivity index (χ2n) is 8.28. The largest absolute Gasteiger partial charge is 0.417 e. The van der Waals surface area contributed by atoms with Crippen molar-refractivity contribution in [2.75, 3.05) is 20.3 Å². The van der Waals surface area contributed by atoms with Gasteiger partial charge in [-0.1, -0.05) is 47.5 Å². The van der Waals surface area contributed by atoms with Gasteiger partial charge in [-0.2, -0.15) is 0 Å². The van der Waals surface area contributed by atoms with E-state index in [9.17, 15) is 0 Å². The number of methoxy groups -OCH3 is 1. The summed E-state index contributed by atoms with van der Waals surface area (Å²) in [5.74, 6) is 1.37. The van der Waals surface area contributed by atoms with Gasteiger partial charge in [0, 0.05) is 19.1 Å². The maximum absolute atomic E-state index is 6.51. The Morgan fingerprint density at radius 2 is 1.48 bits per heavy atom. The average molecular weight is 317 g/mol. The molecule has 3 heteroatoms. The SMILES string of the molecule is CCCC[Si](C)(C)OCC(COC)(CC(C)C)CC(C)C. The molecular formula is C18H40O2Si. The van der Waals surface area contributed by atoms with Crippen LogP contribution < -0.4 is 0 Å². The summed E-state index contributed by atoms with van der Waals surface area (Å²) in [5.41, 5.74) is 0.188. The molecule has 0 rings (SSSR count). The number of ether oxygens (including phenoxy) is 1. The van der Waals surface area contributed by atoms with Crippen LogP contribution in [0.15, 0.2) is 0 Å². The number of hydrogen-bond acceptors (Lipinski definition) is 2. The van der Waals surface area contributed by atoms with Crippen molar-refractivity contribution in [3.8, 4) is 0 Å². The molecule has 0 heterocycles. The normalized spacial score (nSPS) is 13.4. The van der Waals surface area contributed by atoms with E-state index in [1.165, 1.54) is 31.7 Å². The summed E-state index contributed by atoms with van der Waals surface area (Å²) in [6.07, 6.45) is 4.94. The van der Waals surface area contributed by atoms with E-state index in [1.54, 1.807) is 0 Å². The highest BCUT2D eigenvalue weighted by Crippen LogP contribution is 2.36. The number of hydrogen-bond donors (Lipinski definition) is 0. The van der Waals surface area contributed by atoms with E-state index < -0.39 is 8.32 Å². The monoisotopic (exact) mass is 316 g/mol. The Bertz CT molecular complexity index is 252. The molecule has 0 aromatic carbocycles. The fourth-order valence-corrected chi connectivity index (χ4v) is 5.47. The van der Waals surface area contributed by atoms with E-state index in [4.69, 9.17) is 9.16 Å². The van der Waals surface area contributed by atoms with Gasteiger partial charge in [-0.15, -0.1) is 0 Å². The molecular weight excluding hydrogens is 276 g/mol. The predicted octanol–water partition coefficient (Wildman–Crippen LogP) is 5.73. The van der Waals surface area contributed by atoms with Gasteiger partial charge in [0.1, 0.15) is 0 Å². The molecule has 2 nitrogen and oxygen atoms in total. The minimum absolute atomic E-state index is 0.188. The van der Waals surface area contributed by atoms with Crippen molar-refractivity contribution in [3.05, 3.63) is 0 Å². The zero-order valence-electron chi connectivity index (χ0n) is 15.9. The molecule has 0 aromatic heterocycles. The molecule has 0 aliphatic heterocycles. The van der Waals surface area contributed by atoms with Gasteiger partial charge < -0.3 is 9.16 Å². The van der Waals surface area contributed by atoms with Gasteiger partial charge >= 0.3 is 0 Å². The second kappa shape index (κ2) is 10.0. The van der Waals surface area contributed by atoms with E-state index in [0.29, 0.717) is 11.8 Å². The fourth-order valence-electron chi connectivity index (χ4n) is 3.42. The average Bonchev–Trinajstić information content (AvgIpc) is 2.33. The molecule has 0 saturated carbocycles. The van der Waals surface area contributed by atoms with Crippen LogP contribution >= 0.6 is 0 Å². The van der Waals surface area contributed by atoms with Crippen molar-refractivity contribution in [1.82, 2.24) is 0 Å². The van der Waals surface area contributed by atoms with E-state index in [-0.39, 0.29) is 5.41 Å². The minimum atomic E-state index is -1.52. The first-order chi connectivity index (χ1) is 9.66. The van der Waals surface area contributed by atoms with Crippen LogP contribution in [0.4, 0.5) is 0 Å². The Hall–Kier alpha value is 0.137. The zero-order valence-corrected chi connectivity index (χ0v) is 16.9. The van der Waals surface area contributed by atoms with E-state index >= 15 is 0 Å². The van der Waals surface area contributed by atoms with Crippen molar-refractivity contribution in [3.63, 3.8) is 0 Å². The summed E-state index contributed by atoms with van der Waals surface area (Å²) < 4.78 is 12.1. The zero-order chi connectivity index (χ0) is 16.5. The highest BCUT2D eigenvalue weighted by atomic mass is 28.4. The van der Waals surface area contributed by atoms with Crippen molar-refractivity contribution < 1.29 is 9.16 Å². The Balaban J connectivity index is 4.84. The molecule has 0 radical (unpaired) electrons. The van der Waals surface area contributed by atoms with Crippen LogP contribution in [-0.4, -0.2) is 28.6 Å². The third-order valence-electron chi connectivity index (χ3n) is 4.03. The first-order valence-corrected chi connectivity index (χ1v) is 11.9. The maximum Gasteiger partial charge on any atom is 0.186 e. The molecule has 128 valence electrons. The lowest BCUT2D eigenvalue weighted by atomic mass is 9.75. The summed E-state index contributed by atoms with van der Waals surface area (Å²) >= 11 is 0. The number of rotatable bonds is 12. The predicted molar refractivity (Wildman–Crippen MR) is 96.4 cm³/mol. The summed E-state index contributed by atoms with van der Waals surface area (Å²) in [7, 11) is 0.308. The van der Waals surface area contributed by atoms with Gasteiger partial charge in [0.15, 0.2) is 8.32 Å². The standard InChI is InChI=1S/C18H40O2Si/c1-9-10-11-21(7,8)20-15-18(14-19-6,12-16(2)3)13-17(4)5/h16-17H,9-15H2,1-8H3. The smallest absolute Gasteiger partial charge is 0.186 e. The highest BCUT2D eigenvalue weighted by molar-refractivity contribution is 6.71. The van der Waals surface area contributed by atoms with Crippen LogP contribution in [0.2, 0.25) is 19.1 Å². The van der Waals surface area contributed by atoms with Gasteiger partial charge in [0.2, 0.25) is 0 Å². The first kappa shape index (κ1) is 21.1. The van der Waals surface area contributed by atoms with Crippen molar-refractivity contribution in [1.29, 1.82) is 0 Å². The van der Waals surface area contributed by atoms with Crippen LogP contribution in [0, 0.1) is 17.3 Å². The molecule has 0 amide bonds. The van der Waals surface area contributed by atoms with Crippen molar-refractivity contribution >= 4 is 8.32 Å². The quantitative estimate of drug-likeness (QED) is 0.428. The number of unbranched alkanes of at least 4 members (excludes halogenated alkanes) is 1. The molecule has 0 atom stereocenters. The molecule has 0 aliphatic carbocycles. The third-order valence-corrected chi connectivity index (χ3v) is 6.52. The molecule has 21 heavy (non-hydrogen) atoms. The Labute approximate surface area is 135 Å². The van der Waals surface area contributed by atoms with Crippen LogP contribution in [0.3, 0.4) is 0 Å². The van der Waals surface area contributed by atoms with E-state index in [2.05, 4.69) is 47.7 Å². The van der Waals surface area contributed by atoms with Gasteiger partial charge in [-0.05, 0) is 43.8 Å². The van der Waals surface area contributed by atoms with Crippen LogP contribution in [-0.2, 0) is 9.16 Å². The van der Waals surface area contributed by atoms with E-state index in [0.717, 1.165) is 13.2 Å². The Kier molecular flexibility index (Phi) is 10.1. The minimum Gasteiger partial charge on any atom is -0.417 e. The molecule has 0 aliphatic rings. The highest BCUT2D eigenvalue weighted by Gasteiger charge is 2.35. The second-order valence-corrected chi connectivity index (χ2v) is 12.6. The summed E-state index contributed by atoms with van der Waals surface area (Å²) in [5, 5.41) is 0. The lowest BCUT2D eigenvalue weighted by Crippen LogP contribution is -2.41. The van der Waals surface area contributed by atoms with Crippen LogP contribution in [0.1, 0.15) is 60.3 Å². The lowest BCUT2D eigenvalue weighted by molar-refractivity contribution is 0.00508. The maximum atomic E-state index is 6.51. The topological polar surface area (TPSA) is 18.5 Å². The van der Waals surface area contributed by atoms with Gasteiger partial charge in [0.05, 0.1) is 6.61 Å². The first-order valence-electron chi connectivity index (χ1n) is 8.79. The molecule has 0 unspecified atom stereocenters. The van der Waals surface area contributed by atoms with Crippen molar-refractivity contribution in [2.45, 2.75) is 79.4 Å². The molecule has 0 N–H and O–H groups in total. The molecule has 0 bridgehead atoms. The Morgan fingerprint density at radius 3 is 1.86 bits per heavy atom. The molecule has 0 aromatic rings. The summed E-state index contributed by atoms with van der Waals surface area (Å²) in [6, 6.07) is 1.27. The fraction of sp³-hybridized carbons (Fsp3) is 1.00. The van der Waals surface area contributed by atoms with Gasteiger partial charge in [-0.25, -0.2) is 0 Å². The summed E-state index contributed by atoms with van der Waals surface area (Å²) in [6.45, 7) is 17.9. The molecule has 0 spiro atoms. The molecule has 0 saturated heterocycles. The third kappa shape index (κ3) is 9.70. The van der Waals surface area contributed by atoms with Crippen molar-refractivity contribution in [2.24, 2.45) is 17.3 Å². The van der Waals surface area contributed by atoms with Gasteiger partial charge in [-0.3, -0.25) is 0 Å². The van der Waals surface area contributed by atoms with E-state index in [1.807, 2.05) is 7.11 Å². The van der Waals surface area contributed by atoms with Crippen LogP contribution in [0.25, 0.3) is 0 Å². The molecule has 0 fully saturated rings. The van der Waals surface area contributed by atoms with Crippen LogP contribution in [0.5, 0.6) is 0 Å². The van der Waals surface area contributed by atoms with Gasteiger partial charge in [0.25, 0.3) is 0 Å².